The Hall–Kier alpha value is -2.72. The first kappa shape index (κ1) is 20.0. The number of aliphatic hydroxyl groups is 1. The van der Waals surface area contributed by atoms with Crippen LogP contribution in [-0.4, -0.2) is 29.9 Å². The molecule has 0 spiro atoms. The van der Waals surface area contributed by atoms with E-state index in [2.05, 4.69) is 39.4 Å². The molecule has 1 atom stereocenters. The van der Waals surface area contributed by atoms with Gasteiger partial charge in [-0.25, -0.2) is 9.97 Å². The molecule has 6 nitrogen and oxygen atoms in total. The van der Waals surface area contributed by atoms with Crippen LogP contribution in [-0.2, 0) is 6.54 Å². The molecule has 146 valence electrons. The van der Waals surface area contributed by atoms with Crippen molar-refractivity contribution in [3.8, 4) is 6.07 Å². The standard InChI is InChI=1S/C21H25N5OS/c1-5-6-11-26-14(3)13(2)23-21(26)28-15(4)19(27)16(12-22)20-24-17-9-7-8-10-18(17)25-20/h7-10,15,27H,5-6,11H2,1-4H3,(H,24,25)/b19-16-. The number of hydrogen-bond donors (Lipinski definition) is 2. The number of thioether (sulfide) groups is 1. The average Bonchev–Trinajstić information content (AvgIpc) is 3.22. The number of hydrogen-bond acceptors (Lipinski definition) is 5. The van der Waals surface area contributed by atoms with Gasteiger partial charge in [-0.05, 0) is 39.3 Å². The number of nitrogens with zero attached hydrogens (tertiary/aromatic N) is 4. The molecule has 0 fully saturated rings. The minimum atomic E-state index is -0.329. The molecule has 3 rings (SSSR count). The smallest absolute Gasteiger partial charge is 0.169 e. The van der Waals surface area contributed by atoms with Crippen LogP contribution in [0.4, 0.5) is 0 Å². The molecule has 0 aliphatic rings. The molecular weight excluding hydrogens is 370 g/mol. The number of nitrogens with one attached hydrogen (secondary N) is 1. The lowest BCUT2D eigenvalue weighted by Crippen LogP contribution is -2.08. The summed E-state index contributed by atoms with van der Waals surface area (Å²) >= 11 is 1.46. The Balaban J connectivity index is 1.91. The number of fused-ring (bicyclic) bond motifs is 1. The van der Waals surface area contributed by atoms with Crippen molar-refractivity contribution in [1.29, 1.82) is 5.26 Å². The van der Waals surface area contributed by atoms with Crippen molar-refractivity contribution in [2.24, 2.45) is 0 Å². The van der Waals surface area contributed by atoms with Crippen LogP contribution in [0.2, 0.25) is 0 Å². The second-order valence-corrected chi connectivity index (χ2v) is 8.11. The van der Waals surface area contributed by atoms with E-state index < -0.39 is 0 Å². The molecule has 0 radical (unpaired) electrons. The van der Waals surface area contributed by atoms with E-state index in [9.17, 15) is 10.4 Å². The van der Waals surface area contributed by atoms with Gasteiger partial charge in [-0.2, -0.15) is 5.26 Å². The number of H-pyrrole nitrogens is 1. The summed E-state index contributed by atoms with van der Waals surface area (Å²) in [6, 6.07) is 9.66. The Morgan fingerprint density at radius 1 is 1.32 bits per heavy atom. The van der Waals surface area contributed by atoms with Gasteiger partial charge in [0.2, 0.25) is 0 Å². The molecule has 2 aromatic heterocycles. The zero-order chi connectivity index (χ0) is 20.3. The molecule has 1 aromatic carbocycles. The summed E-state index contributed by atoms with van der Waals surface area (Å²) in [7, 11) is 0. The molecule has 0 aliphatic carbocycles. The molecule has 2 heterocycles. The van der Waals surface area contributed by atoms with Gasteiger partial charge in [-0.15, -0.1) is 0 Å². The lowest BCUT2D eigenvalue weighted by atomic mass is 10.2. The van der Waals surface area contributed by atoms with Crippen molar-refractivity contribution in [2.75, 3.05) is 0 Å². The van der Waals surface area contributed by atoms with Crippen molar-refractivity contribution in [2.45, 2.75) is 57.5 Å². The topological polar surface area (TPSA) is 90.5 Å². The zero-order valence-electron chi connectivity index (χ0n) is 16.7. The van der Waals surface area contributed by atoms with Crippen molar-refractivity contribution in [3.05, 3.63) is 47.2 Å². The van der Waals surface area contributed by atoms with Crippen LogP contribution in [0.15, 0.2) is 35.2 Å². The molecular formula is C21H25N5OS. The van der Waals surface area contributed by atoms with E-state index in [4.69, 9.17) is 0 Å². The highest BCUT2D eigenvalue weighted by Gasteiger charge is 2.22. The summed E-state index contributed by atoms with van der Waals surface area (Å²) in [6.07, 6.45) is 2.18. The molecule has 0 saturated carbocycles. The number of aromatic nitrogens is 4. The number of unbranched alkanes of at least 4 members (excludes halogenated alkanes) is 1. The summed E-state index contributed by atoms with van der Waals surface area (Å²) in [5.74, 6) is 0.391. The van der Waals surface area contributed by atoms with E-state index in [0.29, 0.717) is 5.82 Å². The van der Waals surface area contributed by atoms with Gasteiger partial charge in [-0.1, -0.05) is 37.2 Å². The third-order valence-electron chi connectivity index (χ3n) is 4.82. The molecule has 7 heteroatoms. The van der Waals surface area contributed by atoms with Gasteiger partial charge in [-0.3, -0.25) is 0 Å². The second kappa shape index (κ2) is 8.53. The maximum Gasteiger partial charge on any atom is 0.169 e. The Morgan fingerprint density at radius 2 is 2.07 bits per heavy atom. The molecule has 0 amide bonds. The van der Waals surface area contributed by atoms with E-state index >= 15 is 0 Å². The molecule has 2 N–H and O–H groups in total. The summed E-state index contributed by atoms with van der Waals surface area (Å²) in [5, 5.41) is 21.0. The highest BCUT2D eigenvalue weighted by molar-refractivity contribution is 7.99. The number of aliphatic hydroxyl groups excluding tert-OH is 1. The molecule has 3 aromatic rings. The Morgan fingerprint density at radius 3 is 2.75 bits per heavy atom. The van der Waals surface area contributed by atoms with E-state index in [1.807, 2.05) is 38.1 Å². The monoisotopic (exact) mass is 395 g/mol. The number of imidazole rings is 2. The highest BCUT2D eigenvalue weighted by Crippen LogP contribution is 2.31. The Kier molecular flexibility index (Phi) is 6.10. The molecule has 1 unspecified atom stereocenters. The maximum absolute atomic E-state index is 10.8. The van der Waals surface area contributed by atoms with E-state index in [-0.39, 0.29) is 16.6 Å². The number of nitriles is 1. The van der Waals surface area contributed by atoms with Crippen LogP contribution >= 0.6 is 11.8 Å². The Bertz CT molecular complexity index is 1020. The first-order chi connectivity index (χ1) is 13.5. The van der Waals surface area contributed by atoms with Crippen LogP contribution in [0.25, 0.3) is 16.6 Å². The lowest BCUT2D eigenvalue weighted by molar-refractivity contribution is 0.401. The second-order valence-electron chi connectivity index (χ2n) is 6.81. The van der Waals surface area contributed by atoms with Crippen LogP contribution in [0, 0.1) is 25.2 Å². The maximum atomic E-state index is 10.8. The number of aryl methyl sites for hydroxylation is 1. The van der Waals surface area contributed by atoms with Gasteiger partial charge < -0.3 is 14.7 Å². The van der Waals surface area contributed by atoms with E-state index in [1.54, 1.807) is 0 Å². The number of benzene rings is 1. The predicted molar refractivity (Wildman–Crippen MR) is 113 cm³/mol. The van der Waals surface area contributed by atoms with Crippen molar-refractivity contribution in [1.82, 2.24) is 19.5 Å². The minimum Gasteiger partial charge on any atom is -0.510 e. The van der Waals surface area contributed by atoms with Crippen molar-refractivity contribution < 1.29 is 5.11 Å². The van der Waals surface area contributed by atoms with Gasteiger partial charge in [0.15, 0.2) is 11.0 Å². The van der Waals surface area contributed by atoms with Gasteiger partial charge in [0.1, 0.15) is 17.4 Å². The number of rotatable bonds is 7. The summed E-state index contributed by atoms with van der Waals surface area (Å²) in [6.45, 7) is 9.01. The summed E-state index contributed by atoms with van der Waals surface area (Å²) < 4.78 is 2.19. The van der Waals surface area contributed by atoms with Crippen LogP contribution < -0.4 is 0 Å². The quantitative estimate of drug-likeness (QED) is 0.328. The third kappa shape index (κ3) is 3.92. The fourth-order valence-electron chi connectivity index (χ4n) is 3.01. The first-order valence-corrected chi connectivity index (χ1v) is 10.3. The van der Waals surface area contributed by atoms with Gasteiger partial charge in [0, 0.05) is 12.2 Å². The number of para-hydroxylation sites is 2. The SMILES string of the molecule is CCCCn1c(SC(C)/C(O)=C(\C#N)c2nc3ccccc3[nH]2)nc(C)c1C. The Labute approximate surface area is 169 Å². The third-order valence-corrected chi connectivity index (χ3v) is 5.92. The highest BCUT2D eigenvalue weighted by atomic mass is 32.2. The largest absolute Gasteiger partial charge is 0.510 e. The summed E-state index contributed by atoms with van der Waals surface area (Å²) in [5.41, 5.74) is 3.90. The van der Waals surface area contributed by atoms with Crippen LogP contribution in [0.1, 0.15) is 43.9 Å². The fourth-order valence-corrected chi connectivity index (χ4v) is 4.10. The van der Waals surface area contributed by atoms with Crippen molar-refractivity contribution in [3.63, 3.8) is 0 Å². The molecule has 0 saturated heterocycles. The van der Waals surface area contributed by atoms with Crippen LogP contribution in [0.5, 0.6) is 0 Å². The van der Waals surface area contributed by atoms with Crippen molar-refractivity contribution >= 4 is 28.4 Å². The zero-order valence-corrected chi connectivity index (χ0v) is 17.5. The van der Waals surface area contributed by atoms with Gasteiger partial charge in [0.25, 0.3) is 0 Å². The fraction of sp³-hybridized carbons (Fsp3) is 0.381. The van der Waals surface area contributed by atoms with Crippen LogP contribution in [0.3, 0.4) is 0 Å². The van der Waals surface area contributed by atoms with Gasteiger partial charge in [0.05, 0.1) is 22.0 Å². The van der Waals surface area contributed by atoms with Gasteiger partial charge >= 0.3 is 0 Å². The average molecular weight is 396 g/mol. The molecule has 0 aliphatic heterocycles. The minimum absolute atomic E-state index is 0.00639. The lowest BCUT2D eigenvalue weighted by Gasteiger charge is -2.14. The number of aromatic amines is 1. The first-order valence-electron chi connectivity index (χ1n) is 9.45. The number of allylic oxidation sites excluding steroid dienone is 1. The molecule has 0 bridgehead atoms. The normalized spacial score (nSPS) is 13.4. The summed E-state index contributed by atoms with van der Waals surface area (Å²) in [4.78, 5) is 12.2. The molecule has 28 heavy (non-hydrogen) atoms. The van der Waals surface area contributed by atoms with E-state index in [1.165, 1.54) is 11.8 Å². The van der Waals surface area contributed by atoms with E-state index in [0.717, 1.165) is 47.0 Å². The predicted octanol–water partition coefficient (Wildman–Crippen LogP) is 5.15.